The quantitative estimate of drug-likeness (QED) is 0.598. The summed E-state index contributed by atoms with van der Waals surface area (Å²) < 4.78 is 0. The summed E-state index contributed by atoms with van der Waals surface area (Å²) in [7, 11) is 0. The third-order valence-corrected chi connectivity index (χ3v) is 3.32. The number of carbonyl (C=O) groups is 2. The molecule has 4 heteroatoms. The van der Waals surface area contributed by atoms with Crippen LogP contribution in [0.1, 0.15) is 18.4 Å². The Balaban J connectivity index is 1.89. The molecule has 19 heavy (non-hydrogen) atoms. The summed E-state index contributed by atoms with van der Waals surface area (Å²) in [6.45, 7) is 4.39. The van der Waals surface area contributed by atoms with Gasteiger partial charge in [0.05, 0.1) is 0 Å². The molecular formula is C15H18N2O2. The standard InChI is InChI=1S/C15H18N2O2/c1-2-10-16-13(18)15(8-9-15)14(19)17-11-12-6-4-3-5-7-12/h2-7H,1,8-11H2,(H,16,18)(H,17,19). The van der Waals surface area contributed by atoms with Gasteiger partial charge in [0.1, 0.15) is 5.41 Å². The van der Waals surface area contributed by atoms with Crippen LogP contribution in [0.25, 0.3) is 0 Å². The Morgan fingerprint density at radius 3 is 2.37 bits per heavy atom. The third-order valence-electron chi connectivity index (χ3n) is 3.32. The SMILES string of the molecule is C=CCNC(=O)C1(C(=O)NCc2ccccc2)CC1. The van der Waals surface area contributed by atoms with Gasteiger partial charge in [-0.2, -0.15) is 0 Å². The van der Waals surface area contributed by atoms with Crippen LogP contribution in [0, 0.1) is 5.41 Å². The molecule has 0 spiro atoms. The van der Waals surface area contributed by atoms with Crippen LogP contribution in [-0.4, -0.2) is 18.4 Å². The van der Waals surface area contributed by atoms with Crippen molar-refractivity contribution in [3.63, 3.8) is 0 Å². The molecule has 0 bridgehead atoms. The Labute approximate surface area is 112 Å². The summed E-state index contributed by atoms with van der Waals surface area (Å²) in [5.41, 5.74) is 0.177. The zero-order valence-corrected chi connectivity index (χ0v) is 10.8. The summed E-state index contributed by atoms with van der Waals surface area (Å²) in [6.07, 6.45) is 2.85. The topological polar surface area (TPSA) is 58.2 Å². The molecule has 1 fully saturated rings. The van der Waals surface area contributed by atoms with Gasteiger partial charge < -0.3 is 10.6 Å². The highest BCUT2D eigenvalue weighted by molar-refractivity contribution is 6.07. The first-order chi connectivity index (χ1) is 9.19. The lowest BCUT2D eigenvalue weighted by Crippen LogP contribution is -2.42. The van der Waals surface area contributed by atoms with Crippen LogP contribution < -0.4 is 10.6 Å². The lowest BCUT2D eigenvalue weighted by molar-refractivity contribution is -0.137. The minimum atomic E-state index is -0.849. The largest absolute Gasteiger partial charge is 0.352 e. The lowest BCUT2D eigenvalue weighted by atomic mass is 10.1. The monoisotopic (exact) mass is 258 g/mol. The maximum Gasteiger partial charge on any atom is 0.235 e. The summed E-state index contributed by atoms with van der Waals surface area (Å²) in [6, 6.07) is 9.65. The van der Waals surface area contributed by atoms with Crippen molar-refractivity contribution in [2.24, 2.45) is 5.41 Å². The van der Waals surface area contributed by atoms with Crippen LogP contribution in [-0.2, 0) is 16.1 Å². The van der Waals surface area contributed by atoms with Gasteiger partial charge in [0.25, 0.3) is 0 Å². The molecule has 4 nitrogen and oxygen atoms in total. The van der Waals surface area contributed by atoms with Crippen LogP contribution >= 0.6 is 0 Å². The number of carbonyl (C=O) groups excluding carboxylic acids is 2. The maximum absolute atomic E-state index is 12.1. The van der Waals surface area contributed by atoms with Crippen molar-refractivity contribution in [2.75, 3.05) is 6.54 Å². The molecule has 0 heterocycles. The van der Waals surface area contributed by atoms with Crippen LogP contribution in [0.4, 0.5) is 0 Å². The molecule has 0 unspecified atom stereocenters. The molecule has 1 saturated carbocycles. The highest BCUT2D eigenvalue weighted by Gasteiger charge is 2.56. The number of hydrogen-bond acceptors (Lipinski definition) is 2. The Kier molecular flexibility index (Phi) is 4.00. The molecule has 1 aliphatic carbocycles. The zero-order valence-electron chi connectivity index (χ0n) is 10.8. The van der Waals surface area contributed by atoms with Gasteiger partial charge in [-0.25, -0.2) is 0 Å². The van der Waals surface area contributed by atoms with E-state index < -0.39 is 5.41 Å². The Morgan fingerprint density at radius 2 is 1.79 bits per heavy atom. The fourth-order valence-corrected chi connectivity index (χ4v) is 1.96. The molecule has 0 atom stereocenters. The van der Waals surface area contributed by atoms with E-state index in [1.165, 1.54) is 0 Å². The second kappa shape index (κ2) is 5.69. The fourth-order valence-electron chi connectivity index (χ4n) is 1.96. The molecule has 0 aromatic heterocycles. The van der Waals surface area contributed by atoms with E-state index >= 15 is 0 Å². The molecule has 1 aromatic carbocycles. The number of amides is 2. The molecule has 1 aliphatic rings. The molecule has 2 amide bonds. The molecule has 0 radical (unpaired) electrons. The first kappa shape index (κ1) is 13.3. The summed E-state index contributed by atoms with van der Waals surface area (Å²) in [5, 5.41) is 5.53. The van der Waals surface area contributed by atoms with Crippen molar-refractivity contribution in [3.8, 4) is 0 Å². The molecular weight excluding hydrogens is 240 g/mol. The van der Waals surface area contributed by atoms with Gasteiger partial charge in [0, 0.05) is 13.1 Å². The number of nitrogens with one attached hydrogen (secondary N) is 2. The van der Waals surface area contributed by atoms with Crippen molar-refractivity contribution in [1.29, 1.82) is 0 Å². The average molecular weight is 258 g/mol. The van der Waals surface area contributed by atoms with Gasteiger partial charge in [0.2, 0.25) is 11.8 Å². The smallest absolute Gasteiger partial charge is 0.235 e. The van der Waals surface area contributed by atoms with Gasteiger partial charge in [-0.1, -0.05) is 36.4 Å². The highest BCUT2D eigenvalue weighted by atomic mass is 16.2. The van der Waals surface area contributed by atoms with Gasteiger partial charge in [-0.3, -0.25) is 9.59 Å². The van der Waals surface area contributed by atoms with Crippen molar-refractivity contribution < 1.29 is 9.59 Å². The second-order valence-electron chi connectivity index (χ2n) is 4.75. The van der Waals surface area contributed by atoms with E-state index in [-0.39, 0.29) is 11.8 Å². The van der Waals surface area contributed by atoms with E-state index in [1.54, 1.807) is 6.08 Å². The molecule has 1 aromatic rings. The van der Waals surface area contributed by atoms with Crippen molar-refractivity contribution in [2.45, 2.75) is 19.4 Å². The van der Waals surface area contributed by atoms with Gasteiger partial charge in [0.15, 0.2) is 0 Å². The van der Waals surface area contributed by atoms with Crippen molar-refractivity contribution in [3.05, 3.63) is 48.6 Å². The van der Waals surface area contributed by atoms with Gasteiger partial charge in [-0.05, 0) is 18.4 Å². The summed E-state index contributed by atoms with van der Waals surface area (Å²) >= 11 is 0. The van der Waals surface area contributed by atoms with Crippen molar-refractivity contribution in [1.82, 2.24) is 10.6 Å². The Bertz CT molecular complexity index is 478. The maximum atomic E-state index is 12.1. The number of rotatable bonds is 6. The predicted octanol–water partition coefficient (Wildman–Crippen LogP) is 1.39. The first-order valence-electron chi connectivity index (χ1n) is 6.40. The molecule has 2 N–H and O–H groups in total. The minimum Gasteiger partial charge on any atom is -0.352 e. The normalized spacial score (nSPS) is 15.4. The van der Waals surface area contributed by atoms with E-state index in [0.717, 1.165) is 5.56 Å². The first-order valence-corrected chi connectivity index (χ1v) is 6.40. The van der Waals surface area contributed by atoms with E-state index in [2.05, 4.69) is 17.2 Å². The predicted molar refractivity (Wildman–Crippen MR) is 73.2 cm³/mol. The fraction of sp³-hybridized carbons (Fsp3) is 0.333. The van der Waals surface area contributed by atoms with Crippen LogP contribution in [0.3, 0.4) is 0 Å². The van der Waals surface area contributed by atoms with Gasteiger partial charge >= 0.3 is 0 Å². The molecule has 0 saturated heterocycles. The van der Waals surface area contributed by atoms with E-state index in [0.29, 0.717) is 25.9 Å². The van der Waals surface area contributed by atoms with Crippen LogP contribution in [0.2, 0.25) is 0 Å². The number of benzene rings is 1. The van der Waals surface area contributed by atoms with E-state index in [1.807, 2.05) is 30.3 Å². The van der Waals surface area contributed by atoms with Gasteiger partial charge in [-0.15, -0.1) is 6.58 Å². The average Bonchev–Trinajstić information content (AvgIpc) is 3.25. The highest BCUT2D eigenvalue weighted by Crippen LogP contribution is 2.46. The lowest BCUT2D eigenvalue weighted by Gasteiger charge is -2.14. The van der Waals surface area contributed by atoms with Crippen molar-refractivity contribution >= 4 is 11.8 Å². The molecule has 100 valence electrons. The molecule has 0 aliphatic heterocycles. The second-order valence-corrected chi connectivity index (χ2v) is 4.75. The molecule has 2 rings (SSSR count). The van der Waals surface area contributed by atoms with Crippen LogP contribution in [0.15, 0.2) is 43.0 Å². The Morgan fingerprint density at radius 1 is 1.16 bits per heavy atom. The van der Waals surface area contributed by atoms with E-state index in [9.17, 15) is 9.59 Å². The van der Waals surface area contributed by atoms with Crippen LogP contribution in [0.5, 0.6) is 0 Å². The summed E-state index contributed by atoms with van der Waals surface area (Å²) in [4.78, 5) is 24.0. The number of hydrogen-bond donors (Lipinski definition) is 2. The van der Waals surface area contributed by atoms with E-state index in [4.69, 9.17) is 0 Å². The summed E-state index contributed by atoms with van der Waals surface area (Å²) in [5.74, 6) is -0.379. The third kappa shape index (κ3) is 3.02. The Hall–Kier alpha value is -2.10. The minimum absolute atomic E-state index is 0.182. The zero-order chi connectivity index (χ0) is 13.7.